The SMILES string of the molecule is CCc1ncc(C(=O)N(C)CC(C)(CO)CO)s1. The molecule has 1 aromatic rings. The second-order valence-electron chi connectivity index (χ2n) is 4.76. The van der Waals surface area contributed by atoms with Crippen molar-refractivity contribution in [1.29, 1.82) is 0 Å². The highest BCUT2D eigenvalue weighted by atomic mass is 32.1. The highest BCUT2D eigenvalue weighted by Crippen LogP contribution is 2.19. The van der Waals surface area contributed by atoms with E-state index < -0.39 is 5.41 Å². The van der Waals surface area contributed by atoms with Crippen LogP contribution < -0.4 is 0 Å². The van der Waals surface area contributed by atoms with E-state index >= 15 is 0 Å². The first-order valence-electron chi connectivity index (χ1n) is 5.87. The van der Waals surface area contributed by atoms with Crippen molar-refractivity contribution in [3.8, 4) is 0 Å². The van der Waals surface area contributed by atoms with Gasteiger partial charge in [0, 0.05) is 19.0 Å². The monoisotopic (exact) mass is 272 g/mol. The topological polar surface area (TPSA) is 73.7 Å². The third-order valence-electron chi connectivity index (χ3n) is 2.80. The molecule has 2 N–H and O–H groups in total. The Hall–Kier alpha value is -0.980. The maximum Gasteiger partial charge on any atom is 0.265 e. The van der Waals surface area contributed by atoms with Gasteiger partial charge in [-0.1, -0.05) is 13.8 Å². The van der Waals surface area contributed by atoms with Crippen LogP contribution in [0.3, 0.4) is 0 Å². The molecule has 1 aromatic heterocycles. The molecule has 102 valence electrons. The van der Waals surface area contributed by atoms with Crippen LogP contribution in [0.25, 0.3) is 0 Å². The van der Waals surface area contributed by atoms with E-state index in [1.165, 1.54) is 16.2 Å². The number of aromatic nitrogens is 1. The van der Waals surface area contributed by atoms with Crippen molar-refractivity contribution in [2.75, 3.05) is 26.8 Å². The Morgan fingerprint density at radius 2 is 2.11 bits per heavy atom. The van der Waals surface area contributed by atoms with E-state index in [1.54, 1.807) is 20.2 Å². The average Bonchev–Trinajstić information content (AvgIpc) is 2.86. The molecule has 1 heterocycles. The van der Waals surface area contributed by atoms with Gasteiger partial charge in [-0.15, -0.1) is 11.3 Å². The Morgan fingerprint density at radius 3 is 2.56 bits per heavy atom. The molecule has 0 saturated heterocycles. The van der Waals surface area contributed by atoms with Crippen molar-refractivity contribution in [2.24, 2.45) is 5.41 Å². The number of nitrogens with zero attached hydrogens (tertiary/aromatic N) is 2. The number of aliphatic hydroxyl groups excluding tert-OH is 2. The van der Waals surface area contributed by atoms with Crippen LogP contribution in [0.4, 0.5) is 0 Å². The number of amides is 1. The van der Waals surface area contributed by atoms with Gasteiger partial charge in [0.05, 0.1) is 24.4 Å². The number of rotatable bonds is 6. The van der Waals surface area contributed by atoms with E-state index in [0.717, 1.165) is 11.4 Å². The fourth-order valence-electron chi connectivity index (χ4n) is 1.56. The molecule has 0 saturated carbocycles. The summed E-state index contributed by atoms with van der Waals surface area (Å²) in [5, 5.41) is 19.4. The van der Waals surface area contributed by atoms with Crippen LogP contribution in [-0.2, 0) is 6.42 Å². The summed E-state index contributed by atoms with van der Waals surface area (Å²) in [5.74, 6) is -0.125. The van der Waals surface area contributed by atoms with Crippen molar-refractivity contribution < 1.29 is 15.0 Å². The summed E-state index contributed by atoms with van der Waals surface area (Å²) >= 11 is 1.38. The second kappa shape index (κ2) is 6.26. The van der Waals surface area contributed by atoms with E-state index in [2.05, 4.69) is 4.98 Å². The summed E-state index contributed by atoms with van der Waals surface area (Å²) in [5.41, 5.74) is -0.678. The molecule has 0 aliphatic heterocycles. The van der Waals surface area contributed by atoms with Crippen LogP contribution in [0.5, 0.6) is 0 Å². The minimum absolute atomic E-state index is 0.125. The maximum atomic E-state index is 12.1. The zero-order valence-corrected chi connectivity index (χ0v) is 11.8. The van der Waals surface area contributed by atoms with Gasteiger partial charge in [0.2, 0.25) is 0 Å². The number of thiazole rings is 1. The Labute approximate surface area is 111 Å². The number of hydrogen-bond acceptors (Lipinski definition) is 5. The van der Waals surface area contributed by atoms with Gasteiger partial charge in [0.1, 0.15) is 4.88 Å². The number of hydrogen-bond donors (Lipinski definition) is 2. The standard InChI is InChI=1S/C12H20N2O3S/c1-4-10-13-5-9(18-10)11(17)14(3)6-12(2,7-15)8-16/h5,15-16H,4,6-8H2,1-3H3. The van der Waals surface area contributed by atoms with E-state index in [1.807, 2.05) is 6.92 Å². The van der Waals surface area contributed by atoms with Crippen molar-refractivity contribution in [3.63, 3.8) is 0 Å². The van der Waals surface area contributed by atoms with Crippen molar-refractivity contribution in [3.05, 3.63) is 16.1 Å². The maximum absolute atomic E-state index is 12.1. The first-order chi connectivity index (χ1) is 8.45. The lowest BCUT2D eigenvalue weighted by Crippen LogP contribution is -2.41. The summed E-state index contributed by atoms with van der Waals surface area (Å²) in [7, 11) is 1.66. The molecular weight excluding hydrogens is 252 g/mol. The normalized spacial score (nSPS) is 11.6. The van der Waals surface area contributed by atoms with Crippen molar-refractivity contribution in [1.82, 2.24) is 9.88 Å². The fourth-order valence-corrected chi connectivity index (χ4v) is 2.41. The number of aryl methyl sites for hydroxylation is 1. The van der Waals surface area contributed by atoms with Gasteiger partial charge >= 0.3 is 0 Å². The minimum Gasteiger partial charge on any atom is -0.396 e. The van der Waals surface area contributed by atoms with Crippen LogP contribution in [-0.4, -0.2) is 52.8 Å². The molecule has 0 atom stereocenters. The lowest BCUT2D eigenvalue weighted by molar-refractivity contribution is 0.0368. The molecular formula is C12H20N2O3S. The van der Waals surface area contributed by atoms with Crippen molar-refractivity contribution in [2.45, 2.75) is 20.3 Å². The Kier molecular flexibility index (Phi) is 5.25. The molecule has 0 aliphatic rings. The molecule has 0 aliphatic carbocycles. The van der Waals surface area contributed by atoms with Gasteiger partial charge in [-0.3, -0.25) is 4.79 Å². The minimum atomic E-state index is -0.678. The number of carbonyl (C=O) groups excluding carboxylic acids is 1. The Balaban J connectivity index is 2.72. The molecule has 1 rings (SSSR count). The first kappa shape index (κ1) is 15.1. The van der Waals surface area contributed by atoms with Crippen LogP contribution >= 0.6 is 11.3 Å². The fraction of sp³-hybridized carbons (Fsp3) is 0.667. The van der Waals surface area contributed by atoms with E-state index in [-0.39, 0.29) is 19.1 Å². The lowest BCUT2D eigenvalue weighted by Gasteiger charge is -2.30. The molecule has 0 unspecified atom stereocenters. The van der Waals surface area contributed by atoms with Gasteiger partial charge < -0.3 is 15.1 Å². The van der Waals surface area contributed by atoms with E-state index in [4.69, 9.17) is 0 Å². The molecule has 0 aromatic carbocycles. The molecule has 0 spiro atoms. The molecule has 5 nitrogen and oxygen atoms in total. The average molecular weight is 272 g/mol. The van der Waals surface area contributed by atoms with Gasteiger partial charge in [-0.05, 0) is 6.42 Å². The summed E-state index contributed by atoms with van der Waals surface area (Å²) < 4.78 is 0. The molecule has 6 heteroatoms. The zero-order valence-electron chi connectivity index (χ0n) is 11.0. The van der Waals surface area contributed by atoms with E-state index in [0.29, 0.717) is 11.4 Å². The summed E-state index contributed by atoms with van der Waals surface area (Å²) in [6.45, 7) is 3.71. The third kappa shape index (κ3) is 3.51. The lowest BCUT2D eigenvalue weighted by atomic mass is 9.92. The van der Waals surface area contributed by atoms with Crippen LogP contribution in [0.1, 0.15) is 28.5 Å². The smallest absolute Gasteiger partial charge is 0.265 e. The van der Waals surface area contributed by atoms with Crippen LogP contribution in [0.15, 0.2) is 6.20 Å². The molecule has 0 fully saturated rings. The molecule has 18 heavy (non-hydrogen) atoms. The third-order valence-corrected chi connectivity index (χ3v) is 3.93. The number of aliphatic hydroxyl groups is 2. The Bertz CT molecular complexity index is 402. The van der Waals surface area contributed by atoms with Gasteiger partial charge in [-0.25, -0.2) is 4.98 Å². The van der Waals surface area contributed by atoms with E-state index in [9.17, 15) is 15.0 Å². The van der Waals surface area contributed by atoms with Crippen LogP contribution in [0.2, 0.25) is 0 Å². The predicted octanol–water partition coefficient (Wildman–Crippen LogP) is 0.768. The zero-order chi connectivity index (χ0) is 13.8. The highest BCUT2D eigenvalue weighted by molar-refractivity contribution is 7.13. The van der Waals surface area contributed by atoms with Crippen molar-refractivity contribution >= 4 is 17.2 Å². The molecule has 1 amide bonds. The van der Waals surface area contributed by atoms with Gasteiger partial charge in [-0.2, -0.15) is 0 Å². The first-order valence-corrected chi connectivity index (χ1v) is 6.69. The molecule has 0 bridgehead atoms. The summed E-state index contributed by atoms with van der Waals surface area (Å²) in [6.07, 6.45) is 2.39. The largest absolute Gasteiger partial charge is 0.396 e. The quantitative estimate of drug-likeness (QED) is 0.802. The summed E-state index contributed by atoms with van der Waals surface area (Å²) in [6, 6.07) is 0. The van der Waals surface area contributed by atoms with Gasteiger partial charge in [0.25, 0.3) is 5.91 Å². The second-order valence-corrected chi connectivity index (χ2v) is 5.88. The Morgan fingerprint density at radius 1 is 1.50 bits per heavy atom. The highest BCUT2D eigenvalue weighted by Gasteiger charge is 2.27. The predicted molar refractivity (Wildman–Crippen MR) is 70.7 cm³/mol. The van der Waals surface area contributed by atoms with Gasteiger partial charge in [0.15, 0.2) is 0 Å². The number of carbonyl (C=O) groups is 1. The summed E-state index contributed by atoms with van der Waals surface area (Å²) in [4.78, 5) is 18.4. The van der Waals surface area contributed by atoms with Crippen LogP contribution in [0, 0.1) is 5.41 Å². The molecule has 0 radical (unpaired) electrons.